The van der Waals surface area contributed by atoms with Gasteiger partial charge in [0, 0.05) is 11.7 Å². The third-order valence-electron chi connectivity index (χ3n) is 1.31. The average molecular weight is 136 g/mol. The van der Waals surface area contributed by atoms with Crippen LogP contribution in [-0.4, -0.2) is 9.97 Å². The summed E-state index contributed by atoms with van der Waals surface area (Å²) in [5.41, 5.74) is 1.81. The van der Waals surface area contributed by atoms with Crippen molar-refractivity contribution in [1.82, 2.24) is 9.97 Å². The number of pyridine rings is 2. The van der Waals surface area contributed by atoms with Crippen molar-refractivity contribution in [2.45, 2.75) is 0 Å². The Hall–Kier alpha value is -0.843. The molecule has 0 radical (unpaired) electrons. The molecule has 0 aliphatic carbocycles. The predicted molar refractivity (Wildman–Crippen MR) is 38.4 cm³/mol. The van der Waals surface area contributed by atoms with Gasteiger partial charge in [-0.2, -0.15) is 0 Å². The zero-order valence-corrected chi connectivity index (χ0v) is 6.28. The van der Waals surface area contributed by atoms with Crippen LogP contribution in [0.4, 0.5) is 0 Å². The summed E-state index contributed by atoms with van der Waals surface area (Å²) in [7, 11) is 0. The fourth-order valence-corrected chi connectivity index (χ4v) is 0.852. The first-order valence-corrected chi connectivity index (χ1v) is 3.03. The number of nitrogens with zero attached hydrogens (tertiary/aromatic N) is 2. The number of hydrogen-bond donors (Lipinski definition) is 0. The second kappa shape index (κ2) is 3.52. The van der Waals surface area contributed by atoms with Gasteiger partial charge < -0.3 is 4.98 Å². The molecule has 2 heterocycles. The maximum absolute atomic E-state index is 4.09. The van der Waals surface area contributed by atoms with Crippen LogP contribution in [0.1, 0.15) is 0 Å². The second-order valence-corrected chi connectivity index (χ2v) is 1.98. The minimum Gasteiger partial charge on any atom is -0.349 e. The van der Waals surface area contributed by atoms with Crippen molar-refractivity contribution in [2.24, 2.45) is 0 Å². The fourth-order valence-electron chi connectivity index (χ4n) is 0.852. The molecule has 2 aromatic heterocycles. The molecule has 0 saturated carbocycles. The summed E-state index contributed by atoms with van der Waals surface area (Å²) in [5.74, 6) is 0. The Labute approximate surface area is 76.8 Å². The van der Waals surface area contributed by atoms with Crippen LogP contribution in [0.5, 0.6) is 0 Å². The van der Waals surface area contributed by atoms with Crippen LogP contribution >= 0.6 is 0 Å². The first-order chi connectivity index (χ1) is 4.97. The van der Waals surface area contributed by atoms with E-state index in [4.69, 9.17) is 0 Å². The average Bonchev–Trinajstić information content (AvgIpc) is 2.05. The summed E-state index contributed by atoms with van der Waals surface area (Å²) >= 11 is 0. The summed E-state index contributed by atoms with van der Waals surface area (Å²) in [4.78, 5) is 8.15. The third-order valence-corrected chi connectivity index (χ3v) is 1.31. The molecular weight excluding hydrogens is 131 g/mol. The molecule has 0 N–H and O–H groups in total. The Bertz CT molecular complexity index is 283. The standard InChI is InChI=1S/C8H5N2.Li/c1-3-7-8(9-5-1)4-2-6-10-7;/h1,3-6H;/q-1;+1. The first-order valence-electron chi connectivity index (χ1n) is 3.03. The van der Waals surface area contributed by atoms with E-state index in [9.17, 15) is 0 Å². The molecule has 0 aliphatic heterocycles. The normalized spacial score (nSPS) is 9.09. The summed E-state index contributed by atoms with van der Waals surface area (Å²) in [6.45, 7) is 0. The molecule has 2 aromatic rings. The van der Waals surface area contributed by atoms with Gasteiger partial charge in [0.15, 0.2) is 0 Å². The molecule has 48 valence electrons. The number of fused-ring (bicyclic) bond motifs is 1. The Kier molecular flexibility index (Phi) is 2.64. The van der Waals surface area contributed by atoms with Gasteiger partial charge >= 0.3 is 18.9 Å². The monoisotopic (exact) mass is 136 g/mol. The van der Waals surface area contributed by atoms with E-state index < -0.39 is 0 Å². The molecule has 0 saturated heterocycles. The van der Waals surface area contributed by atoms with Gasteiger partial charge in [-0.1, -0.05) is 17.8 Å². The molecule has 0 bridgehead atoms. The predicted octanol–water partition coefficient (Wildman–Crippen LogP) is -1.57. The minimum atomic E-state index is 0. The SMILES string of the molecule is [Li+].[c-]1cnc2cccnc2c1. The summed E-state index contributed by atoms with van der Waals surface area (Å²) in [6.07, 6.45) is 3.39. The number of aromatic nitrogens is 2. The maximum Gasteiger partial charge on any atom is 1.00 e. The minimum absolute atomic E-state index is 0. The fraction of sp³-hybridized carbons (Fsp3) is 0. The van der Waals surface area contributed by atoms with Crippen LogP contribution in [-0.2, 0) is 0 Å². The van der Waals surface area contributed by atoms with Crippen LogP contribution in [0.2, 0.25) is 0 Å². The van der Waals surface area contributed by atoms with Gasteiger partial charge in [-0.15, -0.1) is 0 Å². The van der Waals surface area contributed by atoms with Gasteiger partial charge in [0.2, 0.25) is 0 Å². The van der Waals surface area contributed by atoms with Crippen molar-refractivity contribution in [3.8, 4) is 0 Å². The van der Waals surface area contributed by atoms with Crippen molar-refractivity contribution in [1.29, 1.82) is 0 Å². The van der Waals surface area contributed by atoms with Crippen LogP contribution in [0.15, 0.2) is 30.6 Å². The zero-order chi connectivity index (χ0) is 6.81. The van der Waals surface area contributed by atoms with Crippen molar-refractivity contribution >= 4 is 11.0 Å². The summed E-state index contributed by atoms with van der Waals surface area (Å²) < 4.78 is 0. The Morgan fingerprint density at radius 2 is 2.09 bits per heavy atom. The van der Waals surface area contributed by atoms with E-state index in [1.165, 1.54) is 0 Å². The van der Waals surface area contributed by atoms with E-state index in [0.717, 1.165) is 11.0 Å². The van der Waals surface area contributed by atoms with E-state index in [1.807, 2.05) is 18.2 Å². The van der Waals surface area contributed by atoms with Crippen LogP contribution in [0, 0.1) is 6.07 Å². The first kappa shape index (κ1) is 8.26. The molecule has 2 rings (SSSR count). The number of hydrogen-bond acceptors (Lipinski definition) is 2. The van der Waals surface area contributed by atoms with Gasteiger partial charge in [-0.25, -0.2) is 12.1 Å². The van der Waals surface area contributed by atoms with Gasteiger partial charge in [0.1, 0.15) is 0 Å². The summed E-state index contributed by atoms with van der Waals surface area (Å²) in [6, 6.07) is 8.48. The van der Waals surface area contributed by atoms with Crippen molar-refractivity contribution in [3.05, 3.63) is 36.7 Å². The Morgan fingerprint density at radius 3 is 2.91 bits per heavy atom. The van der Waals surface area contributed by atoms with Gasteiger partial charge in [0.05, 0.1) is 0 Å². The van der Waals surface area contributed by atoms with Gasteiger partial charge in [-0.3, -0.25) is 4.98 Å². The molecule has 0 amide bonds. The molecule has 0 fully saturated rings. The third kappa shape index (κ3) is 1.59. The van der Waals surface area contributed by atoms with E-state index in [-0.39, 0.29) is 18.9 Å². The molecule has 0 unspecified atom stereocenters. The van der Waals surface area contributed by atoms with Gasteiger partial charge in [-0.05, 0) is 6.07 Å². The molecular formula is C8H5LiN2. The number of rotatable bonds is 0. The molecule has 0 spiro atoms. The molecule has 0 aliphatic rings. The van der Waals surface area contributed by atoms with Crippen LogP contribution in [0.25, 0.3) is 11.0 Å². The summed E-state index contributed by atoms with van der Waals surface area (Å²) in [5, 5.41) is 0. The quantitative estimate of drug-likeness (QED) is 0.323. The van der Waals surface area contributed by atoms with Crippen LogP contribution in [0.3, 0.4) is 0 Å². The Balaban J connectivity index is 0.000000605. The van der Waals surface area contributed by atoms with E-state index in [1.54, 1.807) is 12.4 Å². The van der Waals surface area contributed by atoms with Crippen molar-refractivity contribution < 1.29 is 18.9 Å². The topological polar surface area (TPSA) is 25.8 Å². The molecule has 11 heavy (non-hydrogen) atoms. The molecule has 2 nitrogen and oxygen atoms in total. The molecule has 3 heteroatoms. The maximum atomic E-state index is 4.09. The van der Waals surface area contributed by atoms with E-state index in [2.05, 4.69) is 16.0 Å². The van der Waals surface area contributed by atoms with Crippen molar-refractivity contribution in [2.75, 3.05) is 0 Å². The van der Waals surface area contributed by atoms with Crippen LogP contribution < -0.4 is 18.9 Å². The largest absolute Gasteiger partial charge is 1.00 e. The Morgan fingerprint density at radius 1 is 1.18 bits per heavy atom. The van der Waals surface area contributed by atoms with Crippen molar-refractivity contribution in [3.63, 3.8) is 0 Å². The second-order valence-electron chi connectivity index (χ2n) is 1.98. The zero-order valence-electron chi connectivity index (χ0n) is 6.28. The van der Waals surface area contributed by atoms with Gasteiger partial charge in [0.25, 0.3) is 0 Å². The molecule has 0 atom stereocenters. The smallest absolute Gasteiger partial charge is 0.349 e. The molecule has 0 aromatic carbocycles. The van der Waals surface area contributed by atoms with E-state index >= 15 is 0 Å². The van der Waals surface area contributed by atoms with E-state index in [0.29, 0.717) is 0 Å².